The largest absolute Gasteiger partial charge is 0.327 e. The third-order valence-corrected chi connectivity index (χ3v) is 5.15. The number of imidazole rings is 1. The number of anilines is 1. The SMILES string of the molecule is Cn1c(-c2ccccc2)nc2cc(NC(=O)C3CSCN3)ccc21. The number of aryl methyl sites for hydroxylation is 1. The van der Waals surface area contributed by atoms with Gasteiger partial charge in [0.25, 0.3) is 0 Å². The molecule has 122 valence electrons. The molecule has 4 rings (SSSR count). The Morgan fingerprint density at radius 2 is 2.12 bits per heavy atom. The molecule has 0 aliphatic carbocycles. The monoisotopic (exact) mass is 338 g/mol. The first-order valence-corrected chi connectivity index (χ1v) is 9.02. The van der Waals surface area contributed by atoms with E-state index in [1.807, 2.05) is 55.6 Å². The minimum atomic E-state index is -0.116. The van der Waals surface area contributed by atoms with Crippen LogP contribution in [0.1, 0.15) is 0 Å². The molecular formula is C18H18N4OS. The van der Waals surface area contributed by atoms with Crippen molar-refractivity contribution in [1.29, 1.82) is 0 Å². The fourth-order valence-electron chi connectivity index (χ4n) is 2.92. The number of carbonyl (C=O) groups is 1. The first-order valence-electron chi connectivity index (χ1n) is 7.86. The summed E-state index contributed by atoms with van der Waals surface area (Å²) in [5.41, 5.74) is 3.78. The zero-order chi connectivity index (χ0) is 16.5. The number of carbonyl (C=O) groups excluding carboxylic acids is 1. The lowest BCUT2D eigenvalue weighted by atomic mass is 10.2. The van der Waals surface area contributed by atoms with Gasteiger partial charge in [-0.3, -0.25) is 10.1 Å². The number of aromatic nitrogens is 2. The average molecular weight is 338 g/mol. The van der Waals surface area contributed by atoms with Crippen molar-refractivity contribution >= 4 is 34.4 Å². The molecule has 1 aliphatic rings. The molecule has 2 N–H and O–H groups in total. The van der Waals surface area contributed by atoms with E-state index in [-0.39, 0.29) is 11.9 Å². The van der Waals surface area contributed by atoms with Crippen LogP contribution in [0.3, 0.4) is 0 Å². The molecule has 1 saturated heterocycles. The molecule has 1 aliphatic heterocycles. The number of nitrogens with zero attached hydrogens (tertiary/aromatic N) is 2. The number of benzene rings is 2. The smallest absolute Gasteiger partial charge is 0.242 e. The summed E-state index contributed by atoms with van der Waals surface area (Å²) in [6.45, 7) is 0. The molecule has 6 heteroatoms. The van der Waals surface area contributed by atoms with Gasteiger partial charge in [0, 0.05) is 29.9 Å². The molecule has 0 bridgehead atoms. The van der Waals surface area contributed by atoms with Crippen LogP contribution in [0.15, 0.2) is 48.5 Å². The van der Waals surface area contributed by atoms with E-state index < -0.39 is 0 Å². The summed E-state index contributed by atoms with van der Waals surface area (Å²) in [6.07, 6.45) is 0. The van der Waals surface area contributed by atoms with Crippen LogP contribution < -0.4 is 10.6 Å². The van der Waals surface area contributed by atoms with Crippen molar-refractivity contribution in [2.75, 3.05) is 16.9 Å². The molecule has 5 nitrogen and oxygen atoms in total. The van der Waals surface area contributed by atoms with Crippen LogP contribution in [0.4, 0.5) is 5.69 Å². The van der Waals surface area contributed by atoms with E-state index in [1.165, 1.54) is 0 Å². The minimum absolute atomic E-state index is 0.0126. The van der Waals surface area contributed by atoms with Crippen molar-refractivity contribution in [3.63, 3.8) is 0 Å². The van der Waals surface area contributed by atoms with Gasteiger partial charge in [0.2, 0.25) is 5.91 Å². The van der Waals surface area contributed by atoms with Gasteiger partial charge < -0.3 is 9.88 Å². The van der Waals surface area contributed by atoms with Gasteiger partial charge in [-0.1, -0.05) is 30.3 Å². The van der Waals surface area contributed by atoms with Crippen LogP contribution in [-0.4, -0.2) is 33.1 Å². The average Bonchev–Trinajstić information content (AvgIpc) is 3.24. The van der Waals surface area contributed by atoms with Crippen LogP contribution in [0, 0.1) is 0 Å². The lowest BCUT2D eigenvalue weighted by molar-refractivity contribution is -0.117. The Bertz CT molecular complexity index is 885. The van der Waals surface area contributed by atoms with Gasteiger partial charge in [0.1, 0.15) is 5.82 Å². The van der Waals surface area contributed by atoms with Gasteiger partial charge in [0.15, 0.2) is 0 Å². The molecule has 2 aromatic carbocycles. The molecule has 0 saturated carbocycles. The van der Waals surface area contributed by atoms with E-state index in [4.69, 9.17) is 4.98 Å². The highest BCUT2D eigenvalue weighted by Crippen LogP contribution is 2.25. The highest BCUT2D eigenvalue weighted by atomic mass is 32.2. The maximum absolute atomic E-state index is 12.2. The number of amides is 1. The van der Waals surface area contributed by atoms with E-state index in [9.17, 15) is 4.79 Å². The van der Waals surface area contributed by atoms with Crippen LogP contribution in [0.25, 0.3) is 22.4 Å². The highest BCUT2D eigenvalue weighted by Gasteiger charge is 2.22. The Labute approximate surface area is 144 Å². The maximum atomic E-state index is 12.2. The van der Waals surface area contributed by atoms with Gasteiger partial charge >= 0.3 is 0 Å². The van der Waals surface area contributed by atoms with E-state index in [1.54, 1.807) is 11.8 Å². The van der Waals surface area contributed by atoms with Gasteiger partial charge in [-0.05, 0) is 18.2 Å². The lowest BCUT2D eigenvalue weighted by Gasteiger charge is -2.10. The van der Waals surface area contributed by atoms with Gasteiger partial charge in [-0.2, -0.15) is 0 Å². The van der Waals surface area contributed by atoms with Crippen molar-refractivity contribution in [2.45, 2.75) is 6.04 Å². The molecule has 0 spiro atoms. The zero-order valence-corrected chi connectivity index (χ0v) is 14.1. The topological polar surface area (TPSA) is 59.0 Å². The predicted molar refractivity (Wildman–Crippen MR) is 99.0 cm³/mol. The summed E-state index contributed by atoms with van der Waals surface area (Å²) in [5, 5.41) is 6.16. The normalized spacial score (nSPS) is 17.3. The molecular weight excluding hydrogens is 320 g/mol. The van der Waals surface area contributed by atoms with Crippen molar-refractivity contribution in [3.05, 3.63) is 48.5 Å². The fraction of sp³-hybridized carbons (Fsp3) is 0.222. The van der Waals surface area contributed by atoms with Crippen LogP contribution in [-0.2, 0) is 11.8 Å². The molecule has 24 heavy (non-hydrogen) atoms. The van der Waals surface area contributed by atoms with Crippen molar-refractivity contribution in [1.82, 2.24) is 14.9 Å². The van der Waals surface area contributed by atoms with Crippen molar-refractivity contribution < 1.29 is 4.79 Å². The molecule has 1 fully saturated rings. The number of nitrogens with one attached hydrogen (secondary N) is 2. The summed E-state index contributed by atoms with van der Waals surface area (Å²) in [7, 11) is 2.01. The van der Waals surface area contributed by atoms with E-state index in [0.717, 1.165) is 39.7 Å². The highest BCUT2D eigenvalue weighted by molar-refractivity contribution is 7.99. The first kappa shape index (κ1) is 15.2. The van der Waals surface area contributed by atoms with Gasteiger partial charge in [-0.15, -0.1) is 11.8 Å². The Morgan fingerprint density at radius 1 is 1.29 bits per heavy atom. The number of fused-ring (bicyclic) bond motifs is 1. The Kier molecular flexibility index (Phi) is 4.00. The zero-order valence-electron chi connectivity index (χ0n) is 13.3. The summed E-state index contributed by atoms with van der Waals surface area (Å²) in [5.74, 6) is 2.58. The molecule has 1 unspecified atom stereocenters. The Morgan fingerprint density at radius 3 is 2.88 bits per heavy atom. The second kappa shape index (κ2) is 6.30. The summed E-state index contributed by atoms with van der Waals surface area (Å²) in [4.78, 5) is 17.0. The number of rotatable bonds is 3. The minimum Gasteiger partial charge on any atom is -0.327 e. The van der Waals surface area contributed by atoms with Crippen molar-refractivity contribution in [3.8, 4) is 11.4 Å². The molecule has 1 aromatic heterocycles. The Balaban J connectivity index is 1.65. The fourth-order valence-corrected chi connectivity index (χ4v) is 3.86. The molecule has 1 amide bonds. The van der Waals surface area contributed by atoms with E-state index in [0.29, 0.717) is 0 Å². The summed E-state index contributed by atoms with van der Waals surface area (Å²) in [6, 6.07) is 15.9. The first-order chi connectivity index (χ1) is 11.7. The summed E-state index contributed by atoms with van der Waals surface area (Å²) >= 11 is 1.74. The van der Waals surface area contributed by atoms with E-state index in [2.05, 4.69) is 15.2 Å². The number of thioether (sulfide) groups is 1. The van der Waals surface area contributed by atoms with Crippen molar-refractivity contribution in [2.24, 2.45) is 7.05 Å². The molecule has 0 radical (unpaired) electrons. The summed E-state index contributed by atoms with van der Waals surface area (Å²) < 4.78 is 2.07. The maximum Gasteiger partial charge on any atom is 0.242 e. The standard InChI is InChI=1S/C18H18N4OS/c1-22-16-8-7-13(20-18(23)15-10-24-11-19-15)9-14(16)21-17(22)12-5-3-2-4-6-12/h2-9,15,19H,10-11H2,1H3,(H,20,23). The van der Waals surface area contributed by atoms with Crippen LogP contribution in [0.5, 0.6) is 0 Å². The third-order valence-electron chi connectivity index (χ3n) is 4.21. The second-order valence-electron chi connectivity index (χ2n) is 5.83. The molecule has 2 heterocycles. The number of hydrogen-bond donors (Lipinski definition) is 2. The lowest BCUT2D eigenvalue weighted by Crippen LogP contribution is -2.37. The molecule has 1 atom stereocenters. The second-order valence-corrected chi connectivity index (χ2v) is 6.86. The van der Waals surface area contributed by atoms with Gasteiger partial charge in [-0.25, -0.2) is 4.98 Å². The van der Waals surface area contributed by atoms with Crippen LogP contribution >= 0.6 is 11.8 Å². The number of hydrogen-bond acceptors (Lipinski definition) is 4. The molecule has 3 aromatic rings. The van der Waals surface area contributed by atoms with Gasteiger partial charge in [0.05, 0.1) is 17.1 Å². The van der Waals surface area contributed by atoms with E-state index >= 15 is 0 Å². The predicted octanol–water partition coefficient (Wildman–Crippen LogP) is 2.84. The third kappa shape index (κ3) is 2.79. The van der Waals surface area contributed by atoms with Crippen LogP contribution in [0.2, 0.25) is 0 Å². The Hall–Kier alpha value is -2.31. The quantitative estimate of drug-likeness (QED) is 0.771.